The Kier molecular flexibility index (Phi) is 4.06. The Morgan fingerprint density at radius 1 is 1.37 bits per heavy atom. The molecule has 2 heterocycles. The number of piperidine rings is 1. The van der Waals surface area contributed by atoms with E-state index in [1.807, 2.05) is 25.7 Å². The Labute approximate surface area is 115 Å². The Bertz CT molecular complexity index is 332. The van der Waals surface area contributed by atoms with Crippen LogP contribution in [0, 0.1) is 5.41 Å². The number of hydrogen-bond donors (Lipinski definition) is 1. The summed E-state index contributed by atoms with van der Waals surface area (Å²) in [6.45, 7) is 8.57. The summed E-state index contributed by atoms with van der Waals surface area (Å²) in [5.41, 5.74) is 5.88. The van der Waals surface area contributed by atoms with Crippen LogP contribution in [0.25, 0.3) is 0 Å². The number of rotatable bonds is 0. The van der Waals surface area contributed by atoms with Crippen molar-refractivity contribution in [2.45, 2.75) is 51.7 Å². The molecule has 0 aromatic heterocycles. The lowest BCUT2D eigenvalue weighted by atomic mass is 9.70. The van der Waals surface area contributed by atoms with E-state index >= 15 is 0 Å². The van der Waals surface area contributed by atoms with E-state index in [1.165, 1.54) is 0 Å². The van der Waals surface area contributed by atoms with Gasteiger partial charge in [0.25, 0.3) is 0 Å². The van der Waals surface area contributed by atoms with Gasteiger partial charge < -0.3 is 20.1 Å². The Morgan fingerprint density at radius 2 is 2.00 bits per heavy atom. The summed E-state index contributed by atoms with van der Waals surface area (Å²) in [6.07, 6.45) is 2.51. The molecular weight excluding hydrogens is 244 g/mol. The Balaban J connectivity index is 2.02. The molecule has 5 heteroatoms. The second-order valence-corrected chi connectivity index (χ2v) is 6.77. The van der Waals surface area contributed by atoms with Crippen LogP contribution in [0.3, 0.4) is 0 Å². The minimum absolute atomic E-state index is 0.0212. The van der Waals surface area contributed by atoms with Crippen molar-refractivity contribution < 1.29 is 14.3 Å². The summed E-state index contributed by atoms with van der Waals surface area (Å²) in [5, 5.41) is 0. The minimum Gasteiger partial charge on any atom is -0.444 e. The van der Waals surface area contributed by atoms with E-state index in [4.69, 9.17) is 15.2 Å². The molecule has 0 aromatic rings. The van der Waals surface area contributed by atoms with E-state index in [0.29, 0.717) is 13.1 Å². The molecule has 2 N–H and O–H groups in total. The third-order valence-corrected chi connectivity index (χ3v) is 4.14. The van der Waals surface area contributed by atoms with Gasteiger partial charge in [0.05, 0.1) is 0 Å². The zero-order valence-electron chi connectivity index (χ0n) is 12.3. The molecule has 19 heavy (non-hydrogen) atoms. The highest BCUT2D eigenvalue weighted by Crippen LogP contribution is 2.38. The number of hydrogen-bond acceptors (Lipinski definition) is 4. The van der Waals surface area contributed by atoms with Crippen LogP contribution >= 0.6 is 0 Å². The van der Waals surface area contributed by atoms with Crippen molar-refractivity contribution in [2.24, 2.45) is 11.1 Å². The van der Waals surface area contributed by atoms with Gasteiger partial charge in [0.2, 0.25) is 0 Å². The number of likely N-dealkylation sites (tertiary alicyclic amines) is 1. The average Bonchev–Trinajstić information content (AvgIpc) is 2.32. The van der Waals surface area contributed by atoms with E-state index in [1.54, 1.807) is 0 Å². The van der Waals surface area contributed by atoms with Gasteiger partial charge in [-0.2, -0.15) is 0 Å². The molecule has 1 amide bonds. The van der Waals surface area contributed by atoms with E-state index in [2.05, 4.69) is 0 Å². The molecule has 1 atom stereocenters. The van der Waals surface area contributed by atoms with Crippen LogP contribution in [0.4, 0.5) is 4.79 Å². The molecule has 2 aliphatic heterocycles. The number of amides is 1. The lowest BCUT2D eigenvalue weighted by Crippen LogP contribution is -2.58. The van der Waals surface area contributed by atoms with Gasteiger partial charge in [-0.3, -0.25) is 0 Å². The smallest absolute Gasteiger partial charge is 0.410 e. The van der Waals surface area contributed by atoms with Crippen LogP contribution in [0.2, 0.25) is 0 Å². The number of carbonyl (C=O) groups is 1. The maximum absolute atomic E-state index is 12.2. The summed E-state index contributed by atoms with van der Waals surface area (Å²) in [5.74, 6) is 0. The van der Waals surface area contributed by atoms with Crippen molar-refractivity contribution in [1.29, 1.82) is 0 Å². The molecule has 2 aliphatic rings. The quantitative estimate of drug-likeness (QED) is 0.728. The van der Waals surface area contributed by atoms with Crippen LogP contribution in [-0.4, -0.2) is 48.9 Å². The minimum atomic E-state index is -0.445. The summed E-state index contributed by atoms with van der Waals surface area (Å²) >= 11 is 0. The monoisotopic (exact) mass is 270 g/mol. The van der Waals surface area contributed by atoms with Crippen molar-refractivity contribution in [1.82, 2.24) is 4.90 Å². The summed E-state index contributed by atoms with van der Waals surface area (Å²) in [4.78, 5) is 14.0. The topological polar surface area (TPSA) is 64.8 Å². The Morgan fingerprint density at radius 3 is 2.58 bits per heavy atom. The summed E-state index contributed by atoms with van der Waals surface area (Å²) in [7, 11) is 0. The van der Waals surface area contributed by atoms with Gasteiger partial charge in [0, 0.05) is 37.8 Å². The first-order valence-corrected chi connectivity index (χ1v) is 7.14. The van der Waals surface area contributed by atoms with Gasteiger partial charge >= 0.3 is 6.09 Å². The van der Waals surface area contributed by atoms with Crippen LogP contribution in [-0.2, 0) is 9.47 Å². The molecule has 0 saturated carbocycles. The van der Waals surface area contributed by atoms with Crippen molar-refractivity contribution in [3.8, 4) is 0 Å². The molecule has 0 aromatic carbocycles. The van der Waals surface area contributed by atoms with Gasteiger partial charge in [-0.25, -0.2) is 4.79 Å². The first-order chi connectivity index (χ1) is 8.82. The fraction of sp³-hybridized carbons (Fsp3) is 0.929. The van der Waals surface area contributed by atoms with E-state index in [0.717, 1.165) is 32.5 Å². The number of carbonyl (C=O) groups excluding carboxylic acids is 1. The average molecular weight is 270 g/mol. The van der Waals surface area contributed by atoms with Crippen molar-refractivity contribution in [2.75, 3.05) is 26.3 Å². The van der Waals surface area contributed by atoms with Crippen molar-refractivity contribution >= 4 is 6.09 Å². The summed E-state index contributed by atoms with van der Waals surface area (Å²) < 4.78 is 10.9. The molecule has 2 saturated heterocycles. The molecule has 2 fully saturated rings. The summed E-state index contributed by atoms with van der Waals surface area (Å²) in [6, 6.07) is 0.162. The number of nitrogens with zero attached hydrogens (tertiary/aromatic N) is 1. The number of nitrogens with two attached hydrogens (primary N) is 1. The van der Waals surface area contributed by atoms with E-state index in [9.17, 15) is 4.79 Å². The predicted molar refractivity (Wildman–Crippen MR) is 72.9 cm³/mol. The molecular formula is C14H26N2O3. The first-order valence-electron chi connectivity index (χ1n) is 7.14. The molecule has 0 radical (unpaired) electrons. The third kappa shape index (κ3) is 3.39. The van der Waals surface area contributed by atoms with Gasteiger partial charge in [-0.15, -0.1) is 0 Å². The van der Waals surface area contributed by atoms with Crippen LogP contribution in [0.15, 0.2) is 0 Å². The Hall–Kier alpha value is -0.810. The fourth-order valence-electron chi connectivity index (χ4n) is 2.97. The van der Waals surface area contributed by atoms with Gasteiger partial charge in [0.1, 0.15) is 5.60 Å². The maximum Gasteiger partial charge on any atom is 0.410 e. The van der Waals surface area contributed by atoms with E-state index in [-0.39, 0.29) is 17.6 Å². The predicted octanol–water partition coefficient (Wildman–Crippen LogP) is 1.75. The molecule has 5 nitrogen and oxygen atoms in total. The lowest BCUT2D eigenvalue weighted by Gasteiger charge is -2.48. The van der Waals surface area contributed by atoms with Crippen LogP contribution in [0.1, 0.15) is 40.0 Å². The lowest BCUT2D eigenvalue weighted by molar-refractivity contribution is -0.0469. The largest absolute Gasteiger partial charge is 0.444 e. The first kappa shape index (κ1) is 14.6. The third-order valence-electron chi connectivity index (χ3n) is 4.14. The fourth-order valence-corrected chi connectivity index (χ4v) is 2.97. The molecule has 0 bridgehead atoms. The molecule has 2 rings (SSSR count). The molecule has 1 spiro atoms. The van der Waals surface area contributed by atoms with Crippen molar-refractivity contribution in [3.05, 3.63) is 0 Å². The molecule has 1 unspecified atom stereocenters. The van der Waals surface area contributed by atoms with Crippen LogP contribution in [0.5, 0.6) is 0 Å². The molecule has 110 valence electrons. The van der Waals surface area contributed by atoms with Gasteiger partial charge in [-0.05, 0) is 40.0 Å². The van der Waals surface area contributed by atoms with Gasteiger partial charge in [0.15, 0.2) is 0 Å². The number of ether oxygens (including phenoxy) is 2. The maximum atomic E-state index is 12.2. The second-order valence-electron chi connectivity index (χ2n) is 6.77. The highest BCUT2D eigenvalue weighted by molar-refractivity contribution is 5.68. The van der Waals surface area contributed by atoms with E-state index < -0.39 is 5.60 Å². The van der Waals surface area contributed by atoms with Crippen LogP contribution < -0.4 is 5.73 Å². The van der Waals surface area contributed by atoms with Crippen molar-refractivity contribution in [3.63, 3.8) is 0 Å². The zero-order valence-corrected chi connectivity index (χ0v) is 12.3. The zero-order chi connectivity index (χ0) is 14.1. The SMILES string of the molecule is CC(C)(C)OC(=O)N1CCC(N)C2(CCOCC2)C1. The highest BCUT2D eigenvalue weighted by Gasteiger charge is 2.44. The highest BCUT2D eigenvalue weighted by atomic mass is 16.6. The molecule has 0 aliphatic carbocycles. The second kappa shape index (κ2) is 5.29. The standard InChI is InChI=1S/C14H26N2O3/c1-13(2,3)19-12(17)16-7-4-11(15)14(10-16)5-8-18-9-6-14/h11H,4-10,15H2,1-3H3. The normalized spacial score (nSPS) is 27.4. The van der Waals surface area contributed by atoms with Gasteiger partial charge in [-0.1, -0.05) is 0 Å².